The average molecular weight is 263 g/mol. The van der Waals surface area contributed by atoms with Gasteiger partial charge in [0.1, 0.15) is 6.54 Å². The van der Waals surface area contributed by atoms with E-state index >= 15 is 0 Å². The van der Waals surface area contributed by atoms with Gasteiger partial charge in [0.2, 0.25) is 5.91 Å². The Bertz CT molecular complexity index is 508. The van der Waals surface area contributed by atoms with Gasteiger partial charge in [0.05, 0.1) is 5.69 Å². The number of carbonyl (C=O) groups excluding carboxylic acids is 2. The lowest BCUT2D eigenvalue weighted by atomic mass is 10.2. The lowest BCUT2D eigenvalue weighted by Gasteiger charge is -2.33. The van der Waals surface area contributed by atoms with Crippen molar-refractivity contribution in [2.75, 3.05) is 26.2 Å². The van der Waals surface area contributed by atoms with E-state index in [9.17, 15) is 9.59 Å². The molecule has 2 aliphatic rings. The smallest absolute Gasteiger partial charge is 0.276 e. The molecule has 1 aliphatic heterocycles. The zero-order valence-corrected chi connectivity index (χ0v) is 10.9. The fourth-order valence-electron chi connectivity index (χ4n) is 2.40. The van der Waals surface area contributed by atoms with Crippen LogP contribution in [0.4, 0.5) is 0 Å². The van der Waals surface area contributed by atoms with Crippen LogP contribution in [0.3, 0.4) is 0 Å². The molecular formula is C12H17N5O2. The molecule has 0 aromatic carbocycles. The molecule has 2 amide bonds. The van der Waals surface area contributed by atoms with Gasteiger partial charge in [0.15, 0.2) is 5.69 Å². The van der Waals surface area contributed by atoms with Crippen LogP contribution < -0.4 is 0 Å². The highest BCUT2D eigenvalue weighted by molar-refractivity contribution is 5.96. The van der Waals surface area contributed by atoms with Crippen molar-refractivity contribution in [1.29, 1.82) is 0 Å². The van der Waals surface area contributed by atoms with Gasteiger partial charge in [-0.05, 0) is 19.8 Å². The minimum atomic E-state index is -0.181. The van der Waals surface area contributed by atoms with Crippen LogP contribution in [-0.2, 0) is 4.79 Å². The van der Waals surface area contributed by atoms with Crippen molar-refractivity contribution in [3.8, 4) is 0 Å². The van der Waals surface area contributed by atoms with Crippen molar-refractivity contribution in [2.45, 2.75) is 25.7 Å². The predicted octanol–water partition coefficient (Wildman–Crippen LogP) is -0.0136. The Hall–Kier alpha value is -1.92. The number of aromatic nitrogens is 3. The zero-order chi connectivity index (χ0) is 13.4. The van der Waals surface area contributed by atoms with Gasteiger partial charge >= 0.3 is 0 Å². The second-order valence-electron chi connectivity index (χ2n) is 5.03. The molecule has 2 heterocycles. The molecule has 1 aromatic heterocycles. The summed E-state index contributed by atoms with van der Waals surface area (Å²) in [4.78, 5) is 27.5. The van der Waals surface area contributed by atoms with Gasteiger partial charge < -0.3 is 9.80 Å². The third-order valence-electron chi connectivity index (χ3n) is 3.73. The molecule has 0 unspecified atom stereocenters. The van der Waals surface area contributed by atoms with Gasteiger partial charge in [-0.25, -0.2) is 0 Å². The van der Waals surface area contributed by atoms with Crippen LogP contribution in [-0.4, -0.2) is 63.2 Å². The van der Waals surface area contributed by atoms with E-state index in [1.54, 1.807) is 9.80 Å². The van der Waals surface area contributed by atoms with Gasteiger partial charge in [-0.3, -0.25) is 9.59 Å². The minimum Gasteiger partial charge on any atom is -0.340 e. The molecule has 1 N–H and O–H groups in total. The van der Waals surface area contributed by atoms with Crippen molar-refractivity contribution >= 4 is 11.8 Å². The first-order chi connectivity index (χ1) is 9.20. The standard InChI is InChI=1S/C12H17N5O2/c1-2-16-5-6-17(7-9(16)18)12(19)11-10(8-3-4-8)13-15-14-11/h8H,2-7H2,1H3,(H,13,14,15). The predicted molar refractivity (Wildman–Crippen MR) is 66.5 cm³/mol. The summed E-state index contributed by atoms with van der Waals surface area (Å²) in [6.07, 6.45) is 2.13. The highest BCUT2D eigenvalue weighted by Gasteiger charge is 2.35. The molecule has 102 valence electrons. The van der Waals surface area contributed by atoms with E-state index in [4.69, 9.17) is 0 Å². The zero-order valence-electron chi connectivity index (χ0n) is 10.9. The van der Waals surface area contributed by atoms with Crippen molar-refractivity contribution in [2.24, 2.45) is 0 Å². The number of rotatable bonds is 3. The van der Waals surface area contributed by atoms with Gasteiger partial charge in [-0.2, -0.15) is 15.4 Å². The van der Waals surface area contributed by atoms with Crippen LogP contribution >= 0.6 is 0 Å². The maximum Gasteiger partial charge on any atom is 0.276 e. The summed E-state index contributed by atoms with van der Waals surface area (Å²) in [6, 6.07) is 0. The number of nitrogens with zero attached hydrogens (tertiary/aromatic N) is 4. The number of piperazine rings is 1. The molecule has 3 rings (SSSR count). The van der Waals surface area contributed by atoms with E-state index in [2.05, 4.69) is 15.4 Å². The van der Waals surface area contributed by atoms with Gasteiger partial charge in [-0.15, -0.1) is 0 Å². The maximum atomic E-state index is 12.4. The molecule has 0 atom stereocenters. The van der Waals surface area contributed by atoms with Crippen LogP contribution in [0.15, 0.2) is 0 Å². The van der Waals surface area contributed by atoms with Crippen LogP contribution in [0.1, 0.15) is 41.9 Å². The quantitative estimate of drug-likeness (QED) is 0.831. The summed E-state index contributed by atoms with van der Waals surface area (Å²) in [7, 11) is 0. The fraction of sp³-hybridized carbons (Fsp3) is 0.667. The topological polar surface area (TPSA) is 82.2 Å². The molecule has 0 radical (unpaired) electrons. The van der Waals surface area contributed by atoms with E-state index in [1.807, 2.05) is 6.92 Å². The molecule has 7 heteroatoms. The first kappa shape index (κ1) is 12.1. The Morgan fingerprint density at radius 2 is 2.16 bits per heavy atom. The average Bonchev–Trinajstić information content (AvgIpc) is 3.15. The molecule has 1 saturated heterocycles. The Labute approximate surface area is 110 Å². The lowest BCUT2D eigenvalue weighted by molar-refractivity contribution is -0.134. The van der Waals surface area contributed by atoms with Crippen LogP contribution in [0.5, 0.6) is 0 Å². The lowest BCUT2D eigenvalue weighted by Crippen LogP contribution is -2.52. The molecule has 0 bridgehead atoms. The number of hydrogen-bond donors (Lipinski definition) is 1. The monoisotopic (exact) mass is 263 g/mol. The summed E-state index contributed by atoms with van der Waals surface area (Å²) < 4.78 is 0. The Morgan fingerprint density at radius 3 is 2.79 bits per heavy atom. The third kappa shape index (κ3) is 2.20. The number of H-pyrrole nitrogens is 1. The summed E-state index contributed by atoms with van der Waals surface area (Å²) in [6.45, 7) is 3.94. The largest absolute Gasteiger partial charge is 0.340 e. The summed E-state index contributed by atoms with van der Waals surface area (Å²) >= 11 is 0. The van der Waals surface area contributed by atoms with Crippen LogP contribution in [0.25, 0.3) is 0 Å². The molecule has 1 aromatic rings. The normalized spacial score (nSPS) is 19.9. The number of amides is 2. The highest BCUT2D eigenvalue weighted by atomic mass is 16.2. The SMILES string of the molecule is CCN1CCN(C(=O)c2n[nH]nc2C2CC2)CC1=O. The van der Waals surface area contributed by atoms with E-state index in [0.717, 1.165) is 18.5 Å². The Morgan fingerprint density at radius 1 is 1.37 bits per heavy atom. The van der Waals surface area contributed by atoms with Crippen molar-refractivity contribution in [3.05, 3.63) is 11.4 Å². The summed E-state index contributed by atoms with van der Waals surface area (Å²) in [5.41, 5.74) is 1.15. The molecule has 2 fully saturated rings. The summed E-state index contributed by atoms with van der Waals surface area (Å²) in [5.74, 6) is 0.184. The van der Waals surface area contributed by atoms with E-state index in [-0.39, 0.29) is 18.4 Å². The molecule has 19 heavy (non-hydrogen) atoms. The number of carbonyl (C=O) groups is 2. The minimum absolute atomic E-state index is 0.00133. The van der Waals surface area contributed by atoms with Crippen molar-refractivity contribution in [3.63, 3.8) is 0 Å². The Balaban J connectivity index is 1.74. The second-order valence-corrected chi connectivity index (χ2v) is 5.03. The first-order valence-corrected chi connectivity index (χ1v) is 6.68. The number of nitrogens with one attached hydrogen (secondary N) is 1. The number of hydrogen-bond acceptors (Lipinski definition) is 4. The summed E-state index contributed by atoms with van der Waals surface area (Å²) in [5, 5.41) is 10.6. The van der Waals surface area contributed by atoms with E-state index in [0.29, 0.717) is 31.2 Å². The molecule has 1 saturated carbocycles. The number of likely N-dealkylation sites (N-methyl/N-ethyl adjacent to an activating group) is 1. The van der Waals surface area contributed by atoms with E-state index in [1.165, 1.54) is 0 Å². The van der Waals surface area contributed by atoms with Gasteiger partial charge in [0, 0.05) is 25.6 Å². The first-order valence-electron chi connectivity index (χ1n) is 6.68. The number of aromatic amines is 1. The van der Waals surface area contributed by atoms with Crippen LogP contribution in [0, 0.1) is 0 Å². The fourth-order valence-corrected chi connectivity index (χ4v) is 2.40. The van der Waals surface area contributed by atoms with Crippen molar-refractivity contribution in [1.82, 2.24) is 25.2 Å². The Kier molecular flexibility index (Phi) is 2.96. The molecular weight excluding hydrogens is 246 g/mol. The van der Waals surface area contributed by atoms with Gasteiger partial charge in [-0.1, -0.05) is 0 Å². The third-order valence-corrected chi connectivity index (χ3v) is 3.73. The van der Waals surface area contributed by atoms with Gasteiger partial charge in [0.25, 0.3) is 5.91 Å². The van der Waals surface area contributed by atoms with Crippen molar-refractivity contribution < 1.29 is 9.59 Å². The molecule has 1 aliphatic carbocycles. The maximum absolute atomic E-state index is 12.4. The highest BCUT2D eigenvalue weighted by Crippen LogP contribution is 2.40. The van der Waals surface area contributed by atoms with Crippen LogP contribution in [0.2, 0.25) is 0 Å². The molecule has 7 nitrogen and oxygen atoms in total. The second kappa shape index (κ2) is 4.64. The van der Waals surface area contributed by atoms with E-state index < -0.39 is 0 Å². The molecule has 0 spiro atoms.